The van der Waals surface area contributed by atoms with Crippen LogP contribution in [0.2, 0.25) is 0 Å². The summed E-state index contributed by atoms with van der Waals surface area (Å²) in [6, 6.07) is 14.7. The number of fused-ring (bicyclic) bond motifs is 1. The van der Waals surface area contributed by atoms with E-state index in [4.69, 9.17) is 4.74 Å². The van der Waals surface area contributed by atoms with E-state index < -0.39 is 5.41 Å². The van der Waals surface area contributed by atoms with Gasteiger partial charge in [-0.05, 0) is 48.2 Å². The predicted molar refractivity (Wildman–Crippen MR) is 81.5 cm³/mol. The minimum absolute atomic E-state index is 0.293. The Balaban J connectivity index is 1.93. The van der Waals surface area contributed by atoms with Gasteiger partial charge in [-0.1, -0.05) is 34.1 Å². The molecule has 0 aliphatic carbocycles. The summed E-state index contributed by atoms with van der Waals surface area (Å²) in [5.74, 6) is 0.542. The van der Waals surface area contributed by atoms with E-state index >= 15 is 0 Å². The molecule has 4 heteroatoms. The fraction of sp³-hybridized carbons (Fsp3) is 0.235. The zero-order valence-corrected chi connectivity index (χ0v) is 12.9. The van der Waals surface area contributed by atoms with Crippen molar-refractivity contribution in [1.82, 2.24) is 0 Å². The Kier molecular flexibility index (Phi) is 3.69. The topological polar surface area (TPSA) is 33.0 Å². The number of halogens is 2. The highest BCUT2D eigenvalue weighted by molar-refractivity contribution is 9.10. The second-order valence-electron chi connectivity index (χ2n) is 5.38. The second-order valence-corrected chi connectivity index (χ2v) is 6.23. The molecule has 0 N–H and O–H groups in total. The number of para-hydroxylation sites is 1. The number of benzene rings is 2. The van der Waals surface area contributed by atoms with Crippen molar-refractivity contribution in [1.29, 1.82) is 5.26 Å². The van der Waals surface area contributed by atoms with E-state index in [0.717, 1.165) is 21.3 Å². The first-order chi connectivity index (χ1) is 10.1. The quantitative estimate of drug-likeness (QED) is 0.813. The van der Waals surface area contributed by atoms with Gasteiger partial charge in [-0.25, -0.2) is 4.39 Å². The largest absolute Gasteiger partial charge is 0.492 e. The van der Waals surface area contributed by atoms with Crippen LogP contribution in [0.3, 0.4) is 0 Å². The summed E-state index contributed by atoms with van der Waals surface area (Å²) in [5, 5.41) is 9.65. The van der Waals surface area contributed by atoms with Gasteiger partial charge in [-0.15, -0.1) is 0 Å². The third kappa shape index (κ3) is 2.79. The van der Waals surface area contributed by atoms with Crippen LogP contribution in [-0.4, -0.2) is 6.61 Å². The van der Waals surface area contributed by atoms with Crippen LogP contribution < -0.4 is 4.74 Å². The number of nitrogens with zero attached hydrogens (tertiary/aromatic N) is 1. The standard InChI is InChI=1S/C17H13BrFNO/c18-15-6-5-14(19)7-13(15)9-17(10-20)8-12-3-1-2-4-16(12)21-11-17/h1-7H,8-9,11H2. The molecular formula is C17H13BrFNO. The Hall–Kier alpha value is -1.86. The third-order valence-electron chi connectivity index (χ3n) is 3.78. The van der Waals surface area contributed by atoms with Crippen LogP contribution in [0.15, 0.2) is 46.9 Å². The van der Waals surface area contributed by atoms with Crippen LogP contribution in [0.5, 0.6) is 5.75 Å². The molecule has 0 fully saturated rings. The summed E-state index contributed by atoms with van der Waals surface area (Å²) in [5.41, 5.74) is 1.15. The molecule has 0 saturated heterocycles. The van der Waals surface area contributed by atoms with E-state index in [1.54, 1.807) is 6.07 Å². The van der Waals surface area contributed by atoms with Gasteiger partial charge in [0, 0.05) is 4.47 Å². The Morgan fingerprint density at radius 3 is 2.90 bits per heavy atom. The zero-order chi connectivity index (χ0) is 14.9. The lowest BCUT2D eigenvalue weighted by molar-refractivity contribution is 0.169. The molecule has 0 aromatic heterocycles. The van der Waals surface area contributed by atoms with Crippen LogP contribution in [0, 0.1) is 22.6 Å². The van der Waals surface area contributed by atoms with Crippen LogP contribution in [-0.2, 0) is 12.8 Å². The summed E-state index contributed by atoms with van der Waals surface area (Å²) in [6.45, 7) is 0.323. The summed E-state index contributed by atoms with van der Waals surface area (Å²) >= 11 is 3.43. The minimum Gasteiger partial charge on any atom is -0.492 e. The Morgan fingerprint density at radius 2 is 2.10 bits per heavy atom. The normalized spacial score (nSPS) is 20.2. The van der Waals surface area contributed by atoms with Crippen molar-refractivity contribution < 1.29 is 9.13 Å². The molecule has 106 valence electrons. The number of hydrogen-bond donors (Lipinski definition) is 0. The molecule has 21 heavy (non-hydrogen) atoms. The lowest BCUT2D eigenvalue weighted by Crippen LogP contribution is -2.35. The van der Waals surface area contributed by atoms with Crippen LogP contribution in [0.4, 0.5) is 4.39 Å². The maximum Gasteiger partial charge on any atom is 0.123 e. The van der Waals surface area contributed by atoms with Gasteiger partial charge >= 0.3 is 0 Å². The van der Waals surface area contributed by atoms with E-state index in [1.165, 1.54) is 12.1 Å². The highest BCUT2D eigenvalue weighted by Gasteiger charge is 2.36. The van der Waals surface area contributed by atoms with Gasteiger partial charge in [0.15, 0.2) is 0 Å². The molecule has 0 spiro atoms. The number of nitriles is 1. The lowest BCUT2D eigenvalue weighted by atomic mass is 9.77. The first kappa shape index (κ1) is 14.1. The van der Waals surface area contributed by atoms with E-state index in [9.17, 15) is 9.65 Å². The van der Waals surface area contributed by atoms with Gasteiger partial charge in [-0.2, -0.15) is 5.26 Å². The number of hydrogen-bond acceptors (Lipinski definition) is 2. The van der Waals surface area contributed by atoms with E-state index in [-0.39, 0.29) is 5.82 Å². The van der Waals surface area contributed by atoms with Gasteiger partial charge in [0.25, 0.3) is 0 Å². The van der Waals surface area contributed by atoms with Crippen molar-refractivity contribution in [2.75, 3.05) is 6.61 Å². The van der Waals surface area contributed by atoms with Crippen molar-refractivity contribution in [3.05, 3.63) is 63.9 Å². The van der Waals surface area contributed by atoms with Crippen molar-refractivity contribution in [2.45, 2.75) is 12.8 Å². The molecule has 2 nitrogen and oxygen atoms in total. The molecule has 2 aromatic carbocycles. The summed E-state index contributed by atoms with van der Waals surface area (Å²) in [4.78, 5) is 0. The van der Waals surface area contributed by atoms with Gasteiger partial charge in [-0.3, -0.25) is 0 Å². The van der Waals surface area contributed by atoms with Gasteiger partial charge in [0.05, 0.1) is 11.5 Å². The molecular weight excluding hydrogens is 333 g/mol. The molecule has 1 heterocycles. The molecule has 0 saturated carbocycles. The van der Waals surface area contributed by atoms with Gasteiger partial charge in [0.1, 0.15) is 18.2 Å². The second kappa shape index (κ2) is 5.50. The zero-order valence-electron chi connectivity index (χ0n) is 11.3. The smallest absolute Gasteiger partial charge is 0.123 e. The molecule has 1 aliphatic heterocycles. The first-order valence-corrected chi connectivity index (χ1v) is 7.47. The summed E-state index contributed by atoms with van der Waals surface area (Å²) in [6.07, 6.45) is 1.07. The fourth-order valence-corrected chi connectivity index (χ4v) is 3.08. The molecule has 3 rings (SSSR count). The fourth-order valence-electron chi connectivity index (χ4n) is 2.69. The predicted octanol–water partition coefficient (Wildman–Crippen LogP) is 4.28. The summed E-state index contributed by atoms with van der Waals surface area (Å²) < 4.78 is 20.0. The lowest BCUT2D eigenvalue weighted by Gasteiger charge is -2.32. The average Bonchev–Trinajstić information content (AvgIpc) is 2.51. The molecule has 1 atom stereocenters. The molecule has 2 aromatic rings. The van der Waals surface area contributed by atoms with Crippen molar-refractivity contribution in [2.24, 2.45) is 5.41 Å². The van der Waals surface area contributed by atoms with Crippen molar-refractivity contribution in [3.8, 4) is 11.8 Å². The maximum atomic E-state index is 13.4. The molecule has 0 amide bonds. The summed E-state index contributed by atoms with van der Waals surface area (Å²) in [7, 11) is 0. The van der Waals surface area contributed by atoms with Crippen LogP contribution >= 0.6 is 15.9 Å². The van der Waals surface area contributed by atoms with Crippen LogP contribution in [0.1, 0.15) is 11.1 Å². The van der Waals surface area contributed by atoms with E-state index in [2.05, 4.69) is 22.0 Å². The first-order valence-electron chi connectivity index (χ1n) is 6.68. The monoisotopic (exact) mass is 345 g/mol. The molecule has 0 radical (unpaired) electrons. The highest BCUT2D eigenvalue weighted by Crippen LogP contribution is 2.37. The maximum absolute atomic E-state index is 13.4. The third-order valence-corrected chi connectivity index (χ3v) is 4.55. The van der Waals surface area contributed by atoms with Gasteiger partial charge < -0.3 is 4.74 Å². The van der Waals surface area contributed by atoms with E-state index in [0.29, 0.717) is 19.4 Å². The van der Waals surface area contributed by atoms with Gasteiger partial charge in [0.2, 0.25) is 0 Å². The highest BCUT2D eigenvalue weighted by atomic mass is 79.9. The molecule has 1 unspecified atom stereocenters. The Morgan fingerprint density at radius 1 is 1.29 bits per heavy atom. The minimum atomic E-state index is -0.662. The Labute approximate surface area is 131 Å². The number of ether oxygens (including phenoxy) is 1. The Bertz CT molecular complexity index is 725. The average molecular weight is 346 g/mol. The van der Waals surface area contributed by atoms with Crippen molar-refractivity contribution in [3.63, 3.8) is 0 Å². The molecule has 1 aliphatic rings. The van der Waals surface area contributed by atoms with Crippen molar-refractivity contribution >= 4 is 15.9 Å². The SMILES string of the molecule is N#CC1(Cc2cc(F)ccc2Br)COc2ccccc2C1. The van der Waals surface area contributed by atoms with Crippen LogP contribution in [0.25, 0.3) is 0 Å². The number of rotatable bonds is 2. The van der Waals surface area contributed by atoms with E-state index in [1.807, 2.05) is 24.3 Å². The molecule has 0 bridgehead atoms.